The summed E-state index contributed by atoms with van der Waals surface area (Å²) < 4.78 is 26.1. The molecule has 1 fully saturated rings. The third kappa shape index (κ3) is 4.13. The molecule has 1 unspecified atom stereocenters. The van der Waals surface area contributed by atoms with Crippen LogP contribution in [0.5, 0.6) is 5.88 Å². The van der Waals surface area contributed by atoms with Gasteiger partial charge in [0.05, 0.1) is 41.9 Å². The maximum atomic E-state index is 15.4. The molecule has 0 saturated carbocycles. The van der Waals surface area contributed by atoms with Crippen molar-refractivity contribution < 1.29 is 19.0 Å². The Bertz CT molecular complexity index is 1350. The van der Waals surface area contributed by atoms with Crippen LogP contribution < -0.4 is 9.64 Å². The van der Waals surface area contributed by atoms with Crippen LogP contribution in [0.3, 0.4) is 0 Å². The SMILES string of the molecule is COc1nccnc1C(O)c1ccc(Cl)c(-c2ncnc3cc(N4CCOCC4)cc(F)c23)c1. The normalized spacial score (nSPS) is 14.9. The lowest BCUT2D eigenvalue weighted by Gasteiger charge is -2.29. The fourth-order valence-corrected chi connectivity index (χ4v) is 4.28. The van der Waals surface area contributed by atoms with Gasteiger partial charge in [-0.05, 0) is 29.8 Å². The van der Waals surface area contributed by atoms with Gasteiger partial charge in [0, 0.05) is 36.7 Å². The van der Waals surface area contributed by atoms with E-state index in [1.165, 1.54) is 31.9 Å². The molecule has 1 saturated heterocycles. The van der Waals surface area contributed by atoms with Crippen LogP contribution in [-0.2, 0) is 4.74 Å². The predicted octanol–water partition coefficient (Wildman–Crippen LogP) is 3.81. The van der Waals surface area contributed by atoms with Crippen molar-refractivity contribution in [2.24, 2.45) is 0 Å². The van der Waals surface area contributed by atoms with E-state index in [9.17, 15) is 5.11 Å². The summed E-state index contributed by atoms with van der Waals surface area (Å²) in [5.74, 6) is -0.243. The quantitative estimate of drug-likeness (QED) is 0.460. The minimum absolute atomic E-state index is 0.209. The van der Waals surface area contributed by atoms with E-state index in [4.69, 9.17) is 21.1 Å². The van der Waals surface area contributed by atoms with Gasteiger partial charge in [0.2, 0.25) is 5.88 Å². The average molecular weight is 482 g/mol. The van der Waals surface area contributed by atoms with Crippen LogP contribution in [0.4, 0.5) is 10.1 Å². The number of methoxy groups -OCH3 is 1. The van der Waals surface area contributed by atoms with Gasteiger partial charge in [0.15, 0.2) is 0 Å². The second-order valence-corrected chi connectivity index (χ2v) is 8.14. The zero-order chi connectivity index (χ0) is 23.7. The van der Waals surface area contributed by atoms with E-state index in [2.05, 4.69) is 24.8 Å². The summed E-state index contributed by atoms with van der Waals surface area (Å²) >= 11 is 6.51. The number of morpholine rings is 1. The van der Waals surface area contributed by atoms with Gasteiger partial charge in [-0.2, -0.15) is 0 Å². The minimum atomic E-state index is -1.13. The van der Waals surface area contributed by atoms with Crippen molar-refractivity contribution in [3.05, 3.63) is 71.2 Å². The van der Waals surface area contributed by atoms with Crippen molar-refractivity contribution >= 4 is 28.2 Å². The standard InChI is InChI=1S/C24H21ClFN5O3/c1-33-24-22(27-4-5-28-24)23(32)14-2-3-17(25)16(10-14)21-20-18(26)11-15(12-19(20)29-13-30-21)31-6-8-34-9-7-31/h2-5,10-13,23,32H,6-9H2,1H3. The highest BCUT2D eigenvalue weighted by Gasteiger charge is 2.22. The van der Waals surface area contributed by atoms with E-state index < -0.39 is 11.9 Å². The summed E-state index contributed by atoms with van der Waals surface area (Å²) in [5.41, 5.74) is 2.74. The van der Waals surface area contributed by atoms with Crippen LogP contribution in [0.1, 0.15) is 17.4 Å². The van der Waals surface area contributed by atoms with Crippen molar-refractivity contribution in [3.8, 4) is 17.1 Å². The molecule has 1 aliphatic rings. The lowest BCUT2D eigenvalue weighted by Crippen LogP contribution is -2.36. The van der Waals surface area contributed by atoms with E-state index in [1.54, 1.807) is 18.2 Å². The highest BCUT2D eigenvalue weighted by Crippen LogP contribution is 2.37. The summed E-state index contributed by atoms with van der Waals surface area (Å²) in [7, 11) is 1.45. The average Bonchev–Trinajstić information content (AvgIpc) is 2.88. The lowest BCUT2D eigenvalue weighted by molar-refractivity contribution is 0.122. The van der Waals surface area contributed by atoms with Gasteiger partial charge in [-0.3, -0.25) is 4.98 Å². The molecule has 0 spiro atoms. The Labute approximate surface area is 200 Å². The van der Waals surface area contributed by atoms with Crippen LogP contribution in [0.15, 0.2) is 49.1 Å². The van der Waals surface area contributed by atoms with Crippen molar-refractivity contribution in [2.75, 3.05) is 38.3 Å². The maximum Gasteiger partial charge on any atom is 0.238 e. The molecule has 5 rings (SSSR count). The van der Waals surface area contributed by atoms with E-state index in [0.29, 0.717) is 53.7 Å². The van der Waals surface area contributed by atoms with E-state index in [-0.39, 0.29) is 17.0 Å². The van der Waals surface area contributed by atoms with E-state index >= 15 is 4.39 Å². The molecule has 4 aromatic rings. The van der Waals surface area contributed by atoms with Gasteiger partial charge in [0.1, 0.15) is 23.9 Å². The molecule has 2 aromatic heterocycles. The first kappa shape index (κ1) is 22.4. The molecular weight excluding hydrogens is 461 g/mol. The highest BCUT2D eigenvalue weighted by molar-refractivity contribution is 6.33. The monoisotopic (exact) mass is 481 g/mol. The number of benzene rings is 2. The van der Waals surface area contributed by atoms with Gasteiger partial charge in [-0.25, -0.2) is 19.3 Å². The Morgan fingerprint density at radius 2 is 1.88 bits per heavy atom. The number of hydrogen-bond acceptors (Lipinski definition) is 8. The third-order valence-corrected chi connectivity index (χ3v) is 6.09. The topological polar surface area (TPSA) is 93.5 Å². The van der Waals surface area contributed by atoms with Gasteiger partial charge < -0.3 is 19.5 Å². The number of hydrogen-bond donors (Lipinski definition) is 1. The molecule has 0 radical (unpaired) electrons. The molecule has 10 heteroatoms. The minimum Gasteiger partial charge on any atom is -0.480 e. The summed E-state index contributed by atoms with van der Waals surface area (Å²) in [6.45, 7) is 2.55. The number of nitrogens with zero attached hydrogens (tertiary/aromatic N) is 5. The summed E-state index contributed by atoms with van der Waals surface area (Å²) in [6.07, 6.45) is 3.19. The summed E-state index contributed by atoms with van der Waals surface area (Å²) in [6, 6.07) is 8.29. The van der Waals surface area contributed by atoms with Gasteiger partial charge >= 0.3 is 0 Å². The molecule has 174 valence electrons. The molecule has 3 heterocycles. The summed E-state index contributed by atoms with van der Waals surface area (Å²) in [4.78, 5) is 19.0. The molecule has 2 aromatic carbocycles. The molecule has 0 aliphatic carbocycles. The number of aliphatic hydroxyl groups is 1. The molecule has 1 N–H and O–H groups in total. The molecule has 8 nitrogen and oxygen atoms in total. The Morgan fingerprint density at radius 1 is 1.09 bits per heavy atom. The maximum absolute atomic E-state index is 15.4. The first-order valence-electron chi connectivity index (χ1n) is 10.7. The number of anilines is 1. The molecule has 1 atom stereocenters. The van der Waals surface area contributed by atoms with Crippen LogP contribution in [-0.4, -0.2) is 58.5 Å². The fourth-order valence-electron chi connectivity index (χ4n) is 4.07. The number of aliphatic hydroxyl groups excluding tert-OH is 1. The molecule has 34 heavy (non-hydrogen) atoms. The van der Waals surface area contributed by atoms with Crippen LogP contribution >= 0.6 is 11.6 Å². The molecule has 0 bridgehead atoms. The van der Waals surface area contributed by atoms with E-state index in [1.807, 2.05) is 6.07 Å². The smallest absolute Gasteiger partial charge is 0.238 e. The third-order valence-electron chi connectivity index (χ3n) is 5.76. The number of rotatable bonds is 5. The van der Waals surface area contributed by atoms with E-state index in [0.717, 1.165) is 5.69 Å². The highest BCUT2D eigenvalue weighted by atomic mass is 35.5. The molecule has 0 amide bonds. The Hall–Kier alpha value is -3.40. The van der Waals surface area contributed by atoms with Crippen LogP contribution in [0.25, 0.3) is 22.2 Å². The predicted molar refractivity (Wildman–Crippen MR) is 126 cm³/mol. The van der Waals surface area contributed by atoms with Crippen molar-refractivity contribution in [1.29, 1.82) is 0 Å². The lowest BCUT2D eigenvalue weighted by atomic mass is 9.99. The number of aromatic nitrogens is 4. The Kier molecular flexibility index (Phi) is 6.23. The van der Waals surface area contributed by atoms with Crippen LogP contribution in [0.2, 0.25) is 5.02 Å². The second-order valence-electron chi connectivity index (χ2n) is 7.74. The number of halogens is 2. The fraction of sp³-hybridized carbons (Fsp3) is 0.250. The first-order chi connectivity index (χ1) is 16.6. The Morgan fingerprint density at radius 3 is 2.68 bits per heavy atom. The zero-order valence-electron chi connectivity index (χ0n) is 18.3. The Balaban J connectivity index is 1.60. The van der Waals surface area contributed by atoms with Crippen molar-refractivity contribution in [2.45, 2.75) is 6.10 Å². The largest absolute Gasteiger partial charge is 0.480 e. The summed E-state index contributed by atoms with van der Waals surface area (Å²) in [5, 5.41) is 11.6. The molecule has 1 aliphatic heterocycles. The first-order valence-corrected chi connectivity index (χ1v) is 11.0. The van der Waals surface area contributed by atoms with Crippen LogP contribution in [0, 0.1) is 5.82 Å². The second kappa shape index (κ2) is 9.46. The van der Waals surface area contributed by atoms with Gasteiger partial charge in [-0.1, -0.05) is 17.7 Å². The number of ether oxygens (including phenoxy) is 2. The molecular formula is C24H21ClFN5O3. The van der Waals surface area contributed by atoms with Crippen molar-refractivity contribution in [3.63, 3.8) is 0 Å². The van der Waals surface area contributed by atoms with Crippen molar-refractivity contribution in [1.82, 2.24) is 19.9 Å². The van der Waals surface area contributed by atoms with Gasteiger partial charge in [-0.15, -0.1) is 0 Å². The number of fused-ring (bicyclic) bond motifs is 1. The van der Waals surface area contributed by atoms with Gasteiger partial charge in [0.25, 0.3) is 0 Å². The zero-order valence-corrected chi connectivity index (χ0v) is 19.0.